The summed E-state index contributed by atoms with van der Waals surface area (Å²) in [5.41, 5.74) is 5.81. The largest absolute Gasteiger partial charge is 0.469 e. The van der Waals surface area contributed by atoms with Gasteiger partial charge in [-0.25, -0.2) is 14.5 Å². The Kier molecular flexibility index (Phi) is 5.13. The molecule has 7 nitrogen and oxygen atoms in total. The minimum absolute atomic E-state index is 0. The van der Waals surface area contributed by atoms with Gasteiger partial charge in [0.25, 0.3) is 0 Å². The predicted molar refractivity (Wildman–Crippen MR) is 55.3 cm³/mol. The number of phosphoric acid groups is 1. The fourth-order valence-corrected chi connectivity index (χ4v) is 1.08. The molecule has 0 aromatic carbocycles. The summed E-state index contributed by atoms with van der Waals surface area (Å²) in [5.74, 6) is 0.647. The molecule has 0 fully saturated rings. The summed E-state index contributed by atoms with van der Waals surface area (Å²) in [5, 5.41) is 0. The van der Waals surface area contributed by atoms with E-state index in [9.17, 15) is 4.57 Å². The van der Waals surface area contributed by atoms with E-state index >= 15 is 0 Å². The summed E-state index contributed by atoms with van der Waals surface area (Å²) in [6.07, 6.45) is 1.37. The number of anilines is 1. The van der Waals surface area contributed by atoms with Gasteiger partial charge in [0.15, 0.2) is 0 Å². The zero-order valence-corrected chi connectivity index (χ0v) is 9.53. The van der Waals surface area contributed by atoms with Crippen LogP contribution in [0.5, 0.6) is 0 Å². The molecule has 0 aliphatic rings. The van der Waals surface area contributed by atoms with Crippen molar-refractivity contribution >= 4 is 26.0 Å². The average Bonchev–Trinajstić information content (AvgIpc) is 2.00. The van der Waals surface area contributed by atoms with E-state index < -0.39 is 7.82 Å². The second-order valence-electron chi connectivity index (χ2n) is 2.59. The van der Waals surface area contributed by atoms with Gasteiger partial charge >= 0.3 is 7.82 Å². The first-order valence-electron chi connectivity index (χ1n) is 3.66. The topological polar surface area (TPSA) is 119 Å². The van der Waals surface area contributed by atoms with Crippen molar-refractivity contribution in [1.29, 1.82) is 0 Å². The molecule has 15 heavy (non-hydrogen) atoms. The number of phosphoric ester groups is 1. The van der Waals surface area contributed by atoms with E-state index in [0.717, 1.165) is 0 Å². The lowest BCUT2D eigenvalue weighted by Gasteiger charge is -2.06. The van der Waals surface area contributed by atoms with Crippen LogP contribution in [0.25, 0.3) is 0 Å². The van der Waals surface area contributed by atoms with Gasteiger partial charge in [0.1, 0.15) is 11.6 Å². The Hall–Kier alpha value is -0.720. The fourth-order valence-electron chi connectivity index (χ4n) is 0.777. The van der Waals surface area contributed by atoms with Gasteiger partial charge < -0.3 is 15.5 Å². The smallest absolute Gasteiger partial charge is 0.383 e. The van der Waals surface area contributed by atoms with Gasteiger partial charge in [-0.3, -0.25) is 4.52 Å². The van der Waals surface area contributed by atoms with E-state index in [4.69, 9.17) is 15.5 Å². The van der Waals surface area contributed by atoms with E-state index in [1.165, 1.54) is 6.20 Å². The minimum atomic E-state index is -4.47. The monoisotopic (exact) mass is 255 g/mol. The molecule has 0 bridgehead atoms. The molecule has 0 spiro atoms. The Morgan fingerprint density at radius 2 is 2.20 bits per heavy atom. The number of rotatable bonds is 3. The molecule has 0 atom stereocenters. The molecule has 0 aliphatic heterocycles. The van der Waals surface area contributed by atoms with Crippen LogP contribution in [0.2, 0.25) is 0 Å². The van der Waals surface area contributed by atoms with Gasteiger partial charge in [-0.2, -0.15) is 0 Å². The van der Waals surface area contributed by atoms with Crippen molar-refractivity contribution in [2.75, 3.05) is 5.73 Å². The maximum atomic E-state index is 10.4. The molecule has 1 rings (SSSR count). The maximum Gasteiger partial charge on any atom is 0.469 e. The molecule has 1 heterocycles. The zero-order valence-electron chi connectivity index (χ0n) is 7.82. The first-order chi connectivity index (χ1) is 6.38. The zero-order chi connectivity index (χ0) is 10.8. The van der Waals surface area contributed by atoms with Crippen LogP contribution in [0.1, 0.15) is 11.4 Å². The van der Waals surface area contributed by atoms with Crippen molar-refractivity contribution in [1.82, 2.24) is 9.97 Å². The first-order valence-corrected chi connectivity index (χ1v) is 5.19. The Labute approximate surface area is 92.3 Å². The lowest BCUT2D eigenvalue weighted by atomic mass is 10.3. The highest BCUT2D eigenvalue weighted by molar-refractivity contribution is 7.46. The van der Waals surface area contributed by atoms with E-state index in [1.54, 1.807) is 6.92 Å². The van der Waals surface area contributed by atoms with Crippen molar-refractivity contribution in [3.63, 3.8) is 0 Å². The molecule has 0 amide bonds. The summed E-state index contributed by atoms with van der Waals surface area (Å²) < 4.78 is 14.6. The average molecular weight is 256 g/mol. The molecular weight excluding hydrogens is 245 g/mol. The van der Waals surface area contributed by atoms with Crippen molar-refractivity contribution in [3.05, 3.63) is 17.6 Å². The highest BCUT2D eigenvalue weighted by atomic mass is 35.5. The summed E-state index contributed by atoms with van der Waals surface area (Å²) in [6.45, 7) is 1.35. The SMILES string of the molecule is Cc1ncc(COP(=O)(O)O)c(N)n1.Cl. The van der Waals surface area contributed by atoms with Gasteiger partial charge in [0.2, 0.25) is 0 Å². The molecule has 0 saturated carbocycles. The van der Waals surface area contributed by atoms with Crippen LogP contribution in [0.3, 0.4) is 0 Å². The number of hydrogen-bond acceptors (Lipinski definition) is 5. The van der Waals surface area contributed by atoms with Crippen LogP contribution in [-0.2, 0) is 15.7 Å². The van der Waals surface area contributed by atoms with Crippen LogP contribution in [0.4, 0.5) is 5.82 Å². The molecule has 1 aromatic heterocycles. The highest BCUT2D eigenvalue weighted by Crippen LogP contribution is 2.37. The summed E-state index contributed by atoms with van der Waals surface area (Å²) >= 11 is 0. The second kappa shape index (κ2) is 5.39. The Bertz CT molecular complexity index is 383. The number of aryl methyl sites for hydroxylation is 1. The van der Waals surface area contributed by atoms with E-state index in [0.29, 0.717) is 11.4 Å². The van der Waals surface area contributed by atoms with Crippen molar-refractivity contribution in [2.24, 2.45) is 0 Å². The fraction of sp³-hybridized carbons (Fsp3) is 0.333. The maximum absolute atomic E-state index is 10.4. The number of aromatic nitrogens is 2. The van der Waals surface area contributed by atoms with Crippen LogP contribution >= 0.6 is 20.2 Å². The first kappa shape index (κ1) is 14.3. The van der Waals surface area contributed by atoms with Gasteiger partial charge in [-0.15, -0.1) is 12.4 Å². The molecule has 0 radical (unpaired) electrons. The van der Waals surface area contributed by atoms with Crippen LogP contribution in [0.15, 0.2) is 6.20 Å². The van der Waals surface area contributed by atoms with Crippen LogP contribution in [0, 0.1) is 6.92 Å². The summed E-state index contributed by atoms with van der Waals surface area (Å²) in [4.78, 5) is 24.5. The van der Waals surface area contributed by atoms with Gasteiger partial charge in [0, 0.05) is 11.8 Å². The van der Waals surface area contributed by atoms with Crippen molar-refractivity contribution in [3.8, 4) is 0 Å². The predicted octanol–water partition coefficient (Wildman–Crippen LogP) is 0.398. The molecule has 4 N–H and O–H groups in total. The lowest BCUT2D eigenvalue weighted by Crippen LogP contribution is -2.02. The molecule has 0 saturated heterocycles. The summed E-state index contributed by atoms with van der Waals surface area (Å²) in [7, 11) is -4.47. The summed E-state index contributed by atoms with van der Waals surface area (Å²) in [6, 6.07) is 0. The van der Waals surface area contributed by atoms with E-state index in [-0.39, 0.29) is 24.8 Å². The molecule has 86 valence electrons. The van der Waals surface area contributed by atoms with Gasteiger partial charge in [-0.05, 0) is 6.92 Å². The molecule has 1 aromatic rings. The quantitative estimate of drug-likeness (QED) is 0.669. The van der Waals surface area contributed by atoms with Gasteiger partial charge in [0.05, 0.1) is 6.61 Å². The van der Waals surface area contributed by atoms with Gasteiger partial charge in [-0.1, -0.05) is 0 Å². The standard InChI is InChI=1S/C6H10N3O4P.ClH/c1-4-8-2-5(6(7)9-4)3-13-14(10,11)12;/h2H,3H2,1H3,(H2,7,8,9)(H2,10,11,12);1H. The number of hydrogen-bond donors (Lipinski definition) is 3. The van der Waals surface area contributed by atoms with Crippen molar-refractivity contribution in [2.45, 2.75) is 13.5 Å². The second-order valence-corrected chi connectivity index (χ2v) is 3.83. The molecular formula is C6H11ClN3O4P. The third-order valence-corrected chi connectivity index (χ3v) is 1.87. The Balaban J connectivity index is 0.00000196. The van der Waals surface area contributed by atoms with Crippen LogP contribution in [-0.4, -0.2) is 19.8 Å². The number of nitrogens with two attached hydrogens (primary N) is 1. The van der Waals surface area contributed by atoms with E-state index in [2.05, 4.69) is 14.5 Å². The normalized spacial score (nSPS) is 10.9. The lowest BCUT2D eigenvalue weighted by molar-refractivity contribution is 0.189. The van der Waals surface area contributed by atoms with E-state index in [1.807, 2.05) is 0 Å². The number of nitrogens with zero attached hydrogens (tertiary/aromatic N) is 2. The van der Waals surface area contributed by atoms with Crippen LogP contribution < -0.4 is 5.73 Å². The Morgan fingerprint density at radius 1 is 1.60 bits per heavy atom. The Morgan fingerprint density at radius 3 is 2.67 bits per heavy atom. The third-order valence-electron chi connectivity index (χ3n) is 1.41. The number of nitrogen functional groups attached to an aromatic ring is 1. The highest BCUT2D eigenvalue weighted by Gasteiger charge is 2.15. The number of halogens is 1. The minimum Gasteiger partial charge on any atom is -0.383 e. The molecule has 9 heteroatoms. The third kappa shape index (κ3) is 5.06. The molecule has 0 unspecified atom stereocenters. The molecule has 0 aliphatic carbocycles. The van der Waals surface area contributed by atoms with Crippen molar-refractivity contribution < 1.29 is 18.9 Å².